The molecule has 2 N–H and O–H groups in total. The van der Waals surface area contributed by atoms with Crippen LogP contribution >= 0.6 is 15.9 Å². The number of ether oxygens (including phenoxy) is 2. The maximum atomic E-state index is 12.1. The van der Waals surface area contributed by atoms with Crippen LogP contribution in [0.4, 0.5) is 0 Å². The molecule has 0 bridgehead atoms. The van der Waals surface area contributed by atoms with Crippen LogP contribution in [0.5, 0.6) is 11.5 Å². The maximum Gasteiger partial charge on any atom is 0.262 e. The van der Waals surface area contributed by atoms with Crippen LogP contribution in [-0.2, 0) is 4.79 Å². The van der Waals surface area contributed by atoms with E-state index in [1.54, 1.807) is 56.5 Å². The second-order valence-electron chi connectivity index (χ2n) is 5.54. The van der Waals surface area contributed by atoms with Gasteiger partial charge in [-0.2, -0.15) is 5.10 Å². The average molecular weight is 434 g/mol. The van der Waals surface area contributed by atoms with Crippen LogP contribution in [0.15, 0.2) is 52.0 Å². The molecule has 27 heavy (non-hydrogen) atoms. The second-order valence-corrected chi connectivity index (χ2v) is 6.46. The molecular formula is C19H20BrN3O4. The standard InChI is InChI=1S/C19H20BrN3O4/c1-12(22-19(25)13-4-7-15(20)8-5-13)18(24)23-21-11-14-6-9-16(26-2)10-17(14)27-3/h4-12H,1-3H3,(H,22,25)(H,23,24)/b21-11-/t12-/m0/s1. The fraction of sp³-hybridized carbons (Fsp3) is 0.211. The molecule has 0 aliphatic carbocycles. The highest BCUT2D eigenvalue weighted by Gasteiger charge is 2.16. The van der Waals surface area contributed by atoms with Crippen LogP contribution in [-0.4, -0.2) is 38.3 Å². The van der Waals surface area contributed by atoms with Crippen molar-refractivity contribution in [2.24, 2.45) is 5.10 Å². The Kier molecular flexibility index (Phi) is 7.36. The first-order valence-electron chi connectivity index (χ1n) is 8.06. The minimum Gasteiger partial charge on any atom is -0.497 e. The van der Waals surface area contributed by atoms with E-state index >= 15 is 0 Å². The molecule has 2 rings (SSSR count). The lowest BCUT2D eigenvalue weighted by Gasteiger charge is -2.12. The van der Waals surface area contributed by atoms with Gasteiger partial charge in [0.05, 0.1) is 20.4 Å². The molecule has 1 atom stereocenters. The third-order valence-corrected chi connectivity index (χ3v) is 4.19. The molecule has 8 heteroatoms. The van der Waals surface area contributed by atoms with Gasteiger partial charge >= 0.3 is 0 Å². The number of carbonyl (C=O) groups excluding carboxylic acids is 2. The molecular weight excluding hydrogens is 414 g/mol. The highest BCUT2D eigenvalue weighted by atomic mass is 79.9. The summed E-state index contributed by atoms with van der Waals surface area (Å²) < 4.78 is 11.3. The third-order valence-electron chi connectivity index (χ3n) is 3.67. The van der Waals surface area contributed by atoms with Gasteiger partial charge < -0.3 is 14.8 Å². The van der Waals surface area contributed by atoms with Gasteiger partial charge in [0.15, 0.2) is 0 Å². The van der Waals surface area contributed by atoms with E-state index in [4.69, 9.17) is 9.47 Å². The van der Waals surface area contributed by atoms with Crippen molar-refractivity contribution in [1.29, 1.82) is 0 Å². The number of hydrogen-bond donors (Lipinski definition) is 2. The highest BCUT2D eigenvalue weighted by Crippen LogP contribution is 2.22. The van der Waals surface area contributed by atoms with Crippen molar-refractivity contribution in [2.45, 2.75) is 13.0 Å². The number of hydrogen-bond acceptors (Lipinski definition) is 5. The Balaban J connectivity index is 1.93. The largest absolute Gasteiger partial charge is 0.497 e. The zero-order valence-electron chi connectivity index (χ0n) is 15.2. The van der Waals surface area contributed by atoms with E-state index in [0.29, 0.717) is 22.6 Å². The molecule has 2 aromatic rings. The first-order chi connectivity index (χ1) is 12.9. The van der Waals surface area contributed by atoms with Gasteiger partial charge in [-0.15, -0.1) is 0 Å². The predicted octanol–water partition coefficient (Wildman–Crippen LogP) is 2.73. The van der Waals surface area contributed by atoms with E-state index in [1.165, 1.54) is 13.3 Å². The number of rotatable bonds is 7. The van der Waals surface area contributed by atoms with Crippen molar-refractivity contribution in [1.82, 2.24) is 10.7 Å². The van der Waals surface area contributed by atoms with Gasteiger partial charge in [-0.3, -0.25) is 9.59 Å². The lowest BCUT2D eigenvalue weighted by Crippen LogP contribution is -2.43. The van der Waals surface area contributed by atoms with Crippen molar-refractivity contribution in [3.63, 3.8) is 0 Å². The van der Waals surface area contributed by atoms with E-state index < -0.39 is 11.9 Å². The molecule has 2 aromatic carbocycles. The summed E-state index contributed by atoms with van der Waals surface area (Å²) in [5, 5.41) is 6.54. The predicted molar refractivity (Wildman–Crippen MR) is 106 cm³/mol. The van der Waals surface area contributed by atoms with E-state index in [-0.39, 0.29) is 5.91 Å². The monoisotopic (exact) mass is 433 g/mol. The Labute approximate surface area is 165 Å². The van der Waals surface area contributed by atoms with Crippen molar-refractivity contribution in [2.75, 3.05) is 14.2 Å². The molecule has 0 aromatic heterocycles. The maximum absolute atomic E-state index is 12.1. The quantitative estimate of drug-likeness (QED) is 0.518. The number of methoxy groups -OCH3 is 2. The molecule has 0 spiro atoms. The van der Waals surface area contributed by atoms with Gasteiger partial charge in [-0.25, -0.2) is 5.43 Å². The summed E-state index contributed by atoms with van der Waals surface area (Å²) >= 11 is 3.31. The number of carbonyl (C=O) groups is 2. The van der Waals surface area contributed by atoms with E-state index in [2.05, 4.69) is 31.8 Å². The van der Waals surface area contributed by atoms with Crippen molar-refractivity contribution in [3.8, 4) is 11.5 Å². The van der Waals surface area contributed by atoms with Crippen molar-refractivity contribution in [3.05, 3.63) is 58.1 Å². The zero-order chi connectivity index (χ0) is 19.8. The van der Waals surface area contributed by atoms with Crippen LogP contribution in [0.3, 0.4) is 0 Å². The topological polar surface area (TPSA) is 89.0 Å². The number of benzene rings is 2. The van der Waals surface area contributed by atoms with Gasteiger partial charge in [0.2, 0.25) is 0 Å². The van der Waals surface area contributed by atoms with Gasteiger partial charge in [0.1, 0.15) is 17.5 Å². The van der Waals surface area contributed by atoms with Crippen LogP contribution in [0, 0.1) is 0 Å². The van der Waals surface area contributed by atoms with Crippen molar-refractivity contribution >= 4 is 34.0 Å². The molecule has 0 aliphatic heterocycles. The fourth-order valence-corrected chi connectivity index (χ4v) is 2.40. The number of halogens is 1. The molecule has 142 valence electrons. The summed E-state index contributed by atoms with van der Waals surface area (Å²) in [5.74, 6) is 0.427. The summed E-state index contributed by atoms with van der Waals surface area (Å²) in [6.07, 6.45) is 1.46. The Hall–Kier alpha value is -2.87. The lowest BCUT2D eigenvalue weighted by molar-refractivity contribution is -0.122. The molecule has 0 fully saturated rings. The van der Waals surface area contributed by atoms with Crippen molar-refractivity contribution < 1.29 is 19.1 Å². The molecule has 0 saturated heterocycles. The molecule has 0 aliphatic rings. The molecule has 0 heterocycles. The zero-order valence-corrected chi connectivity index (χ0v) is 16.7. The van der Waals surface area contributed by atoms with Crippen LogP contribution in [0.2, 0.25) is 0 Å². The van der Waals surface area contributed by atoms with Gasteiger partial charge in [-0.05, 0) is 43.3 Å². The Bertz CT molecular complexity index is 837. The summed E-state index contributed by atoms with van der Waals surface area (Å²) in [7, 11) is 3.09. The summed E-state index contributed by atoms with van der Waals surface area (Å²) in [5.41, 5.74) is 3.53. The number of amides is 2. The SMILES string of the molecule is COc1ccc(/C=N\NC(=O)[C@H](C)NC(=O)c2ccc(Br)cc2)c(OC)c1. The van der Waals surface area contributed by atoms with Gasteiger partial charge in [0, 0.05) is 21.7 Å². The highest BCUT2D eigenvalue weighted by molar-refractivity contribution is 9.10. The first-order valence-corrected chi connectivity index (χ1v) is 8.85. The average Bonchev–Trinajstić information content (AvgIpc) is 2.68. The number of hydrazone groups is 1. The van der Waals surface area contributed by atoms with E-state index in [0.717, 1.165) is 4.47 Å². The first kappa shape index (κ1) is 20.4. The number of nitrogens with one attached hydrogen (secondary N) is 2. The third kappa shape index (κ3) is 5.82. The lowest BCUT2D eigenvalue weighted by atomic mass is 10.2. The molecule has 7 nitrogen and oxygen atoms in total. The Morgan fingerprint density at radius 1 is 1.11 bits per heavy atom. The second kappa shape index (κ2) is 9.72. The van der Waals surface area contributed by atoms with E-state index in [9.17, 15) is 9.59 Å². The van der Waals surface area contributed by atoms with Gasteiger partial charge in [-0.1, -0.05) is 15.9 Å². The summed E-state index contributed by atoms with van der Waals surface area (Å²) in [6.45, 7) is 1.58. The number of nitrogens with zero attached hydrogens (tertiary/aromatic N) is 1. The summed E-state index contributed by atoms with van der Waals surface area (Å²) in [4.78, 5) is 24.2. The summed E-state index contributed by atoms with van der Waals surface area (Å²) in [6, 6.07) is 11.3. The van der Waals surface area contributed by atoms with Crippen LogP contribution in [0.1, 0.15) is 22.8 Å². The Morgan fingerprint density at radius 3 is 2.44 bits per heavy atom. The fourth-order valence-electron chi connectivity index (χ4n) is 2.13. The van der Waals surface area contributed by atoms with Crippen LogP contribution in [0.25, 0.3) is 0 Å². The van der Waals surface area contributed by atoms with E-state index in [1.807, 2.05) is 0 Å². The minimum atomic E-state index is -0.754. The minimum absolute atomic E-state index is 0.342. The van der Waals surface area contributed by atoms with Gasteiger partial charge in [0.25, 0.3) is 11.8 Å². The molecule has 0 unspecified atom stereocenters. The molecule has 0 saturated carbocycles. The normalized spacial score (nSPS) is 11.7. The smallest absolute Gasteiger partial charge is 0.262 e. The molecule has 0 radical (unpaired) electrons. The molecule has 2 amide bonds. The Morgan fingerprint density at radius 2 is 1.81 bits per heavy atom. The van der Waals surface area contributed by atoms with Crippen LogP contribution < -0.4 is 20.2 Å².